The van der Waals surface area contributed by atoms with Crippen molar-refractivity contribution in [1.29, 1.82) is 0 Å². The third kappa shape index (κ3) is 1.41. The molecule has 0 radical (unpaired) electrons. The van der Waals surface area contributed by atoms with E-state index in [-0.39, 0.29) is 0 Å². The normalized spacial score (nSPS) is 28.0. The van der Waals surface area contributed by atoms with Gasteiger partial charge in [0, 0.05) is 6.42 Å². The van der Waals surface area contributed by atoms with Crippen molar-refractivity contribution in [1.82, 2.24) is 0 Å². The molecule has 0 aromatic carbocycles. The van der Waals surface area contributed by atoms with Crippen LogP contribution in [0, 0.1) is 5.92 Å². The summed E-state index contributed by atoms with van der Waals surface area (Å²) in [5, 5.41) is 0. The predicted molar refractivity (Wildman–Crippen MR) is 37.2 cm³/mol. The number of ketones is 1. The van der Waals surface area contributed by atoms with E-state index in [1.54, 1.807) is 6.08 Å². The van der Waals surface area contributed by atoms with Gasteiger partial charge in [-0.2, -0.15) is 0 Å². The van der Waals surface area contributed by atoms with Crippen LogP contribution in [0.15, 0.2) is 11.6 Å². The molecule has 0 bridgehead atoms. The van der Waals surface area contributed by atoms with Crippen molar-refractivity contribution in [3.63, 3.8) is 0 Å². The Balaban J connectivity index is 2.72. The molecule has 1 heteroatoms. The van der Waals surface area contributed by atoms with E-state index >= 15 is 0 Å². The van der Waals surface area contributed by atoms with Gasteiger partial charge in [0.25, 0.3) is 0 Å². The maximum atomic E-state index is 10.7. The molecule has 0 aliphatic heterocycles. The van der Waals surface area contributed by atoms with E-state index in [1.165, 1.54) is 5.57 Å². The first kappa shape index (κ1) is 6.53. The van der Waals surface area contributed by atoms with E-state index in [0.29, 0.717) is 11.7 Å². The van der Waals surface area contributed by atoms with E-state index in [1.807, 2.05) is 6.92 Å². The molecule has 1 aliphatic rings. The Kier molecular flexibility index (Phi) is 1.70. The summed E-state index contributed by atoms with van der Waals surface area (Å²) in [5.74, 6) is 0.924. The van der Waals surface area contributed by atoms with Crippen molar-refractivity contribution < 1.29 is 4.79 Å². The fourth-order valence-corrected chi connectivity index (χ4v) is 1.05. The predicted octanol–water partition coefficient (Wildman–Crippen LogP) is 1.93. The van der Waals surface area contributed by atoms with Crippen LogP contribution in [-0.4, -0.2) is 5.78 Å². The first-order valence-corrected chi connectivity index (χ1v) is 3.41. The largest absolute Gasteiger partial charge is 0.295 e. The number of hydrogen-bond acceptors (Lipinski definition) is 1. The Morgan fingerprint density at radius 1 is 1.67 bits per heavy atom. The molecule has 0 saturated heterocycles. The first-order chi connectivity index (χ1) is 4.20. The first-order valence-electron chi connectivity index (χ1n) is 3.41. The van der Waals surface area contributed by atoms with Gasteiger partial charge in [0.15, 0.2) is 5.78 Å². The SMILES string of the molecule is CC1=CC(=O)CC[C@@H]1C. The highest BCUT2D eigenvalue weighted by molar-refractivity contribution is 5.91. The van der Waals surface area contributed by atoms with Gasteiger partial charge in [-0.05, 0) is 25.3 Å². The van der Waals surface area contributed by atoms with Crippen molar-refractivity contribution in [2.24, 2.45) is 5.92 Å². The highest BCUT2D eigenvalue weighted by Crippen LogP contribution is 2.20. The molecule has 0 amide bonds. The molecule has 0 heterocycles. The number of rotatable bonds is 0. The smallest absolute Gasteiger partial charge is 0.155 e. The third-order valence-corrected chi connectivity index (χ3v) is 1.99. The van der Waals surface area contributed by atoms with Crippen molar-refractivity contribution in [2.75, 3.05) is 0 Å². The third-order valence-electron chi connectivity index (χ3n) is 1.99. The zero-order valence-electron chi connectivity index (χ0n) is 5.98. The molecule has 0 spiro atoms. The molecule has 1 atom stereocenters. The monoisotopic (exact) mass is 124 g/mol. The van der Waals surface area contributed by atoms with Crippen LogP contribution < -0.4 is 0 Å². The Bertz CT molecular complexity index is 156. The van der Waals surface area contributed by atoms with Gasteiger partial charge in [-0.3, -0.25) is 4.79 Å². The van der Waals surface area contributed by atoms with Crippen LogP contribution in [0.1, 0.15) is 26.7 Å². The molecule has 9 heavy (non-hydrogen) atoms. The summed E-state index contributed by atoms with van der Waals surface area (Å²) in [4.78, 5) is 10.7. The van der Waals surface area contributed by atoms with Crippen molar-refractivity contribution in [3.05, 3.63) is 11.6 Å². The molecule has 1 nitrogen and oxygen atoms in total. The second-order valence-electron chi connectivity index (χ2n) is 2.79. The summed E-state index contributed by atoms with van der Waals surface area (Å²) in [6.45, 7) is 4.19. The van der Waals surface area contributed by atoms with E-state index in [2.05, 4.69) is 6.92 Å². The highest BCUT2D eigenvalue weighted by atomic mass is 16.1. The molecule has 1 aliphatic carbocycles. The van der Waals surface area contributed by atoms with Crippen LogP contribution in [0.25, 0.3) is 0 Å². The Morgan fingerprint density at radius 3 is 2.78 bits per heavy atom. The standard InChI is InChI=1S/C8H12O/c1-6-3-4-8(9)5-7(6)2/h5-6H,3-4H2,1-2H3/t6-/m0/s1. The lowest BCUT2D eigenvalue weighted by atomic mass is 9.90. The lowest BCUT2D eigenvalue weighted by Crippen LogP contribution is -2.08. The molecule has 0 unspecified atom stereocenters. The van der Waals surface area contributed by atoms with Gasteiger partial charge in [-0.1, -0.05) is 12.5 Å². The highest BCUT2D eigenvalue weighted by Gasteiger charge is 2.12. The Morgan fingerprint density at radius 2 is 2.33 bits per heavy atom. The number of carbonyl (C=O) groups is 1. The molecule has 0 aromatic heterocycles. The van der Waals surface area contributed by atoms with Gasteiger partial charge < -0.3 is 0 Å². The average molecular weight is 124 g/mol. The Hall–Kier alpha value is -0.590. The van der Waals surface area contributed by atoms with Crippen molar-refractivity contribution in [2.45, 2.75) is 26.7 Å². The van der Waals surface area contributed by atoms with Crippen LogP contribution in [0.3, 0.4) is 0 Å². The van der Waals surface area contributed by atoms with E-state index in [0.717, 1.165) is 12.8 Å². The van der Waals surface area contributed by atoms with Gasteiger partial charge >= 0.3 is 0 Å². The zero-order chi connectivity index (χ0) is 6.85. The molecule has 0 N–H and O–H groups in total. The second-order valence-corrected chi connectivity index (χ2v) is 2.79. The van der Waals surface area contributed by atoms with Crippen molar-refractivity contribution in [3.8, 4) is 0 Å². The van der Waals surface area contributed by atoms with Crippen LogP contribution in [0.2, 0.25) is 0 Å². The minimum Gasteiger partial charge on any atom is -0.295 e. The number of allylic oxidation sites excluding steroid dienone is 2. The fraction of sp³-hybridized carbons (Fsp3) is 0.625. The molecule has 0 fully saturated rings. The molecule has 0 saturated carbocycles. The lowest BCUT2D eigenvalue weighted by Gasteiger charge is -2.15. The van der Waals surface area contributed by atoms with E-state index in [9.17, 15) is 4.79 Å². The summed E-state index contributed by atoms with van der Waals surface area (Å²) in [6.07, 6.45) is 3.56. The van der Waals surface area contributed by atoms with Crippen LogP contribution in [-0.2, 0) is 4.79 Å². The number of hydrogen-bond donors (Lipinski definition) is 0. The second kappa shape index (κ2) is 2.34. The van der Waals surface area contributed by atoms with Gasteiger partial charge in [0.2, 0.25) is 0 Å². The summed E-state index contributed by atoms with van der Waals surface area (Å²) >= 11 is 0. The van der Waals surface area contributed by atoms with Gasteiger partial charge in [-0.15, -0.1) is 0 Å². The molecule has 1 rings (SSSR count). The molecular formula is C8H12O. The summed E-state index contributed by atoms with van der Waals surface area (Å²) < 4.78 is 0. The molecular weight excluding hydrogens is 112 g/mol. The quantitative estimate of drug-likeness (QED) is 0.482. The summed E-state index contributed by atoms with van der Waals surface area (Å²) in [5.41, 5.74) is 1.24. The van der Waals surface area contributed by atoms with Gasteiger partial charge in [0.05, 0.1) is 0 Å². The van der Waals surface area contributed by atoms with Gasteiger partial charge in [-0.25, -0.2) is 0 Å². The Labute approximate surface area is 55.8 Å². The molecule has 50 valence electrons. The zero-order valence-corrected chi connectivity index (χ0v) is 5.98. The van der Waals surface area contributed by atoms with Crippen LogP contribution in [0.5, 0.6) is 0 Å². The minimum absolute atomic E-state index is 0.297. The number of carbonyl (C=O) groups excluding carboxylic acids is 1. The maximum Gasteiger partial charge on any atom is 0.155 e. The molecule has 0 aromatic rings. The van der Waals surface area contributed by atoms with Gasteiger partial charge in [0.1, 0.15) is 0 Å². The fourth-order valence-electron chi connectivity index (χ4n) is 1.05. The van der Waals surface area contributed by atoms with E-state index in [4.69, 9.17) is 0 Å². The van der Waals surface area contributed by atoms with Crippen LogP contribution in [0.4, 0.5) is 0 Å². The lowest BCUT2D eigenvalue weighted by molar-refractivity contribution is -0.115. The minimum atomic E-state index is 0.297. The summed E-state index contributed by atoms with van der Waals surface area (Å²) in [7, 11) is 0. The average Bonchev–Trinajstić information content (AvgIpc) is 1.80. The van der Waals surface area contributed by atoms with Crippen LogP contribution >= 0.6 is 0 Å². The topological polar surface area (TPSA) is 17.1 Å². The maximum absolute atomic E-state index is 10.7. The van der Waals surface area contributed by atoms with E-state index < -0.39 is 0 Å². The van der Waals surface area contributed by atoms with Crippen molar-refractivity contribution >= 4 is 5.78 Å². The summed E-state index contributed by atoms with van der Waals surface area (Å²) in [6, 6.07) is 0.